The van der Waals surface area contributed by atoms with Gasteiger partial charge in [-0.05, 0) is 30.8 Å². The molecule has 0 radical (unpaired) electrons. The number of rotatable bonds is 6. The number of hydrogen-bond acceptors (Lipinski definition) is 5. The van der Waals surface area contributed by atoms with Crippen molar-refractivity contribution < 1.29 is 8.42 Å². The normalized spacial score (nSPS) is 11.4. The minimum Gasteiger partial charge on any atom is -0.366 e. The van der Waals surface area contributed by atoms with Gasteiger partial charge in [-0.15, -0.1) is 0 Å². The largest absolute Gasteiger partial charge is 0.366 e. The molecule has 0 amide bonds. The molecule has 7 nitrogen and oxygen atoms in total. The Labute approximate surface area is 140 Å². The lowest BCUT2D eigenvalue weighted by Gasteiger charge is -2.12. The molecule has 0 aliphatic carbocycles. The van der Waals surface area contributed by atoms with Crippen molar-refractivity contribution in [3.8, 4) is 5.69 Å². The van der Waals surface area contributed by atoms with Gasteiger partial charge in [0, 0.05) is 25.1 Å². The number of hydrogen-bond donors (Lipinski definition) is 2. The van der Waals surface area contributed by atoms with E-state index in [0.29, 0.717) is 12.4 Å². The Morgan fingerprint density at radius 2 is 2.00 bits per heavy atom. The molecular weight excluding hydrogens is 326 g/mol. The van der Waals surface area contributed by atoms with Gasteiger partial charge in [-0.2, -0.15) is 0 Å². The summed E-state index contributed by atoms with van der Waals surface area (Å²) in [6.07, 6.45) is 6.69. The molecule has 0 bridgehead atoms. The van der Waals surface area contributed by atoms with Gasteiger partial charge in [0.2, 0.25) is 10.0 Å². The fourth-order valence-corrected chi connectivity index (χ4v) is 2.94. The van der Waals surface area contributed by atoms with Crippen molar-refractivity contribution in [2.75, 3.05) is 12.4 Å². The summed E-state index contributed by atoms with van der Waals surface area (Å²) in [5, 5.41) is 3.20. The van der Waals surface area contributed by atoms with E-state index in [0.717, 1.165) is 11.3 Å². The first kappa shape index (κ1) is 16.2. The molecule has 3 aromatic rings. The van der Waals surface area contributed by atoms with Gasteiger partial charge in [0.15, 0.2) is 0 Å². The zero-order valence-electron chi connectivity index (χ0n) is 13.0. The average Bonchev–Trinajstić information content (AvgIpc) is 3.15. The summed E-state index contributed by atoms with van der Waals surface area (Å²) in [6, 6.07) is 11.1. The van der Waals surface area contributed by atoms with Gasteiger partial charge in [0.25, 0.3) is 0 Å². The van der Waals surface area contributed by atoms with Crippen molar-refractivity contribution in [2.24, 2.45) is 0 Å². The van der Waals surface area contributed by atoms with Crippen LogP contribution in [0.3, 0.4) is 0 Å². The van der Waals surface area contributed by atoms with E-state index >= 15 is 0 Å². The molecule has 0 spiro atoms. The second kappa shape index (κ2) is 6.81. The summed E-state index contributed by atoms with van der Waals surface area (Å²) in [4.78, 5) is 8.35. The predicted octanol–water partition coefficient (Wildman–Crippen LogP) is 1.79. The summed E-state index contributed by atoms with van der Waals surface area (Å²) in [5.74, 6) is 0.602. The Morgan fingerprint density at radius 1 is 1.17 bits per heavy atom. The van der Waals surface area contributed by atoms with Gasteiger partial charge >= 0.3 is 0 Å². The summed E-state index contributed by atoms with van der Waals surface area (Å²) in [5.41, 5.74) is 2.10. The number of aromatic nitrogens is 3. The fraction of sp³-hybridized carbons (Fsp3) is 0.125. The molecule has 124 valence electrons. The molecule has 2 heterocycles. The van der Waals surface area contributed by atoms with E-state index in [1.165, 1.54) is 19.3 Å². The van der Waals surface area contributed by atoms with Crippen LogP contribution in [0.25, 0.3) is 5.69 Å². The highest BCUT2D eigenvalue weighted by molar-refractivity contribution is 7.89. The maximum atomic E-state index is 11.7. The number of anilines is 1. The molecule has 0 aliphatic heterocycles. The van der Waals surface area contributed by atoms with E-state index in [1.807, 2.05) is 35.0 Å². The highest BCUT2D eigenvalue weighted by Crippen LogP contribution is 2.16. The Bertz CT molecular complexity index is 906. The number of pyridine rings is 1. The van der Waals surface area contributed by atoms with Crippen LogP contribution in [0.1, 0.15) is 5.56 Å². The van der Waals surface area contributed by atoms with Gasteiger partial charge in [-0.1, -0.05) is 18.2 Å². The van der Waals surface area contributed by atoms with Crippen molar-refractivity contribution in [2.45, 2.75) is 11.4 Å². The average molecular weight is 343 g/mol. The zero-order valence-corrected chi connectivity index (χ0v) is 13.9. The molecule has 24 heavy (non-hydrogen) atoms. The summed E-state index contributed by atoms with van der Waals surface area (Å²) in [6.45, 7) is 0.555. The van der Waals surface area contributed by atoms with Crippen LogP contribution in [-0.2, 0) is 16.6 Å². The molecule has 3 rings (SSSR count). The number of benzene rings is 1. The molecular formula is C16H17N5O2S. The van der Waals surface area contributed by atoms with Crippen molar-refractivity contribution >= 4 is 15.8 Å². The van der Waals surface area contributed by atoms with Crippen molar-refractivity contribution in [3.63, 3.8) is 0 Å². The van der Waals surface area contributed by atoms with Crippen LogP contribution < -0.4 is 10.0 Å². The van der Waals surface area contributed by atoms with Crippen LogP contribution in [0.5, 0.6) is 0 Å². The predicted molar refractivity (Wildman–Crippen MR) is 91.4 cm³/mol. The lowest BCUT2D eigenvalue weighted by Crippen LogP contribution is -2.18. The molecule has 0 aliphatic rings. The zero-order chi connectivity index (χ0) is 17.0. The van der Waals surface area contributed by atoms with Crippen LogP contribution in [0.15, 0.2) is 66.2 Å². The molecule has 0 saturated heterocycles. The standard InChI is InChI=1S/C16H17N5O2S/c1-17-24(22,23)14-6-7-16(20-11-14)19-10-13-4-2-3-5-15(13)21-9-8-18-12-21/h2-9,11-12,17H,10H2,1H3,(H,19,20). The number of nitrogens with zero attached hydrogens (tertiary/aromatic N) is 3. The summed E-state index contributed by atoms with van der Waals surface area (Å²) < 4.78 is 27.6. The summed E-state index contributed by atoms with van der Waals surface area (Å²) in [7, 11) is -2.10. The monoisotopic (exact) mass is 343 g/mol. The lowest BCUT2D eigenvalue weighted by molar-refractivity contribution is 0.588. The first-order valence-corrected chi connectivity index (χ1v) is 8.78. The third kappa shape index (κ3) is 3.44. The molecule has 0 saturated carbocycles. The van der Waals surface area contributed by atoms with E-state index < -0.39 is 10.0 Å². The third-order valence-corrected chi connectivity index (χ3v) is 4.95. The number of para-hydroxylation sites is 1. The lowest BCUT2D eigenvalue weighted by atomic mass is 10.1. The Balaban J connectivity index is 1.75. The smallest absolute Gasteiger partial charge is 0.241 e. The van der Waals surface area contributed by atoms with Gasteiger partial charge in [-0.25, -0.2) is 23.1 Å². The van der Waals surface area contributed by atoms with Crippen LogP contribution in [0, 0.1) is 0 Å². The molecule has 8 heteroatoms. The van der Waals surface area contributed by atoms with Gasteiger partial charge < -0.3 is 9.88 Å². The van der Waals surface area contributed by atoms with Crippen molar-refractivity contribution in [1.29, 1.82) is 0 Å². The number of sulfonamides is 1. The third-order valence-electron chi connectivity index (χ3n) is 3.55. The molecule has 0 unspecified atom stereocenters. The van der Waals surface area contributed by atoms with E-state index in [9.17, 15) is 8.42 Å². The van der Waals surface area contributed by atoms with E-state index in [2.05, 4.69) is 20.0 Å². The van der Waals surface area contributed by atoms with Crippen molar-refractivity contribution in [3.05, 3.63) is 66.9 Å². The molecule has 1 aromatic carbocycles. The SMILES string of the molecule is CNS(=O)(=O)c1ccc(NCc2ccccc2-n2ccnc2)nc1. The Kier molecular flexibility index (Phi) is 4.59. The minimum atomic E-state index is -3.47. The minimum absolute atomic E-state index is 0.134. The Morgan fingerprint density at radius 3 is 2.67 bits per heavy atom. The van der Waals surface area contributed by atoms with Gasteiger partial charge in [0.1, 0.15) is 10.7 Å². The summed E-state index contributed by atoms with van der Waals surface area (Å²) >= 11 is 0. The quantitative estimate of drug-likeness (QED) is 0.712. The second-order valence-electron chi connectivity index (χ2n) is 5.04. The Hall–Kier alpha value is -2.71. The molecule has 0 atom stereocenters. The van der Waals surface area contributed by atoms with Crippen LogP contribution in [0.4, 0.5) is 5.82 Å². The highest BCUT2D eigenvalue weighted by atomic mass is 32.2. The van der Waals surface area contributed by atoms with E-state index in [4.69, 9.17) is 0 Å². The van der Waals surface area contributed by atoms with E-state index in [-0.39, 0.29) is 4.90 Å². The first-order chi connectivity index (χ1) is 11.6. The van der Waals surface area contributed by atoms with Crippen LogP contribution >= 0.6 is 0 Å². The topological polar surface area (TPSA) is 88.9 Å². The number of imidazole rings is 1. The van der Waals surface area contributed by atoms with Crippen molar-refractivity contribution in [1.82, 2.24) is 19.3 Å². The van der Waals surface area contributed by atoms with Crippen LogP contribution in [0.2, 0.25) is 0 Å². The maximum absolute atomic E-state index is 11.7. The second-order valence-corrected chi connectivity index (χ2v) is 6.93. The number of nitrogens with one attached hydrogen (secondary N) is 2. The fourth-order valence-electron chi connectivity index (χ4n) is 2.26. The van der Waals surface area contributed by atoms with Crippen LogP contribution in [-0.4, -0.2) is 30.0 Å². The highest BCUT2D eigenvalue weighted by Gasteiger charge is 2.11. The van der Waals surface area contributed by atoms with Gasteiger partial charge in [-0.3, -0.25) is 0 Å². The molecule has 0 fully saturated rings. The van der Waals surface area contributed by atoms with Gasteiger partial charge in [0.05, 0.1) is 12.0 Å². The van der Waals surface area contributed by atoms with E-state index in [1.54, 1.807) is 18.6 Å². The first-order valence-electron chi connectivity index (χ1n) is 7.30. The molecule has 2 aromatic heterocycles. The maximum Gasteiger partial charge on any atom is 0.241 e. The molecule has 2 N–H and O–H groups in total.